The molecular weight excluding hydrogens is 429 g/mol. The second kappa shape index (κ2) is 10.1. The number of hydrogen-bond acceptors (Lipinski definition) is 6. The van der Waals surface area contributed by atoms with Gasteiger partial charge in [0.1, 0.15) is 40.6 Å². The number of aromatic nitrogens is 2. The summed E-state index contributed by atoms with van der Waals surface area (Å²) in [7, 11) is 1.75. The molecule has 3 aromatic rings. The summed E-state index contributed by atoms with van der Waals surface area (Å²) in [6.07, 6.45) is 1.56. The highest BCUT2D eigenvalue weighted by atomic mass is 35.5. The minimum absolute atomic E-state index is 0.00507. The summed E-state index contributed by atoms with van der Waals surface area (Å²) in [6, 6.07) is 14.3. The van der Waals surface area contributed by atoms with Crippen molar-refractivity contribution in [2.75, 3.05) is 6.61 Å². The summed E-state index contributed by atoms with van der Waals surface area (Å²) in [6.45, 7) is 2.10. The fourth-order valence-electron chi connectivity index (χ4n) is 2.68. The van der Waals surface area contributed by atoms with Gasteiger partial charge in [-0.2, -0.15) is 10.0 Å². The second-order valence-corrected chi connectivity index (χ2v) is 7.24. The van der Waals surface area contributed by atoms with E-state index in [2.05, 4.69) is 10.3 Å². The zero-order valence-electron chi connectivity index (χ0n) is 16.3. The molecule has 0 radical (unpaired) electrons. The molecule has 0 aliphatic rings. The van der Waals surface area contributed by atoms with E-state index >= 15 is 0 Å². The number of rotatable bonds is 9. The van der Waals surface area contributed by atoms with E-state index in [1.54, 1.807) is 66.3 Å². The summed E-state index contributed by atoms with van der Waals surface area (Å²) in [5, 5.41) is 7.22. The lowest BCUT2D eigenvalue weighted by atomic mass is 10.2. The van der Waals surface area contributed by atoms with Crippen LogP contribution in [-0.4, -0.2) is 16.4 Å². The highest BCUT2D eigenvalue weighted by molar-refractivity contribution is 6.55. The average molecular weight is 448 g/mol. The summed E-state index contributed by atoms with van der Waals surface area (Å²) < 4.78 is 19.0. The molecule has 3 rings (SSSR count). The van der Waals surface area contributed by atoms with Gasteiger partial charge in [0.2, 0.25) is 5.88 Å². The van der Waals surface area contributed by atoms with Gasteiger partial charge in [0.25, 0.3) is 0 Å². The molecule has 0 spiro atoms. The normalized spacial score (nSPS) is 10.4. The average Bonchev–Trinajstić information content (AvgIpc) is 2.98. The molecule has 0 aliphatic heterocycles. The predicted octanol–water partition coefficient (Wildman–Crippen LogP) is 6.28. The smallest absolute Gasteiger partial charge is 0.223 e. The van der Waals surface area contributed by atoms with Gasteiger partial charge in [-0.1, -0.05) is 28.4 Å². The van der Waals surface area contributed by atoms with Crippen LogP contribution in [-0.2, 0) is 13.6 Å². The van der Waals surface area contributed by atoms with Crippen LogP contribution in [0.15, 0.2) is 64.3 Å². The highest BCUT2D eigenvalue weighted by Crippen LogP contribution is 2.30. The third-order valence-electron chi connectivity index (χ3n) is 4.10. The molecular formula is C21H19Cl2N3O4. The first-order chi connectivity index (χ1) is 14.5. The van der Waals surface area contributed by atoms with Crippen LogP contribution in [0.2, 0.25) is 0 Å². The van der Waals surface area contributed by atoms with E-state index in [1.165, 1.54) is 0 Å². The topological polar surface area (TPSA) is 74.9 Å². The largest absolute Gasteiger partial charge is 0.489 e. The molecule has 30 heavy (non-hydrogen) atoms. The van der Waals surface area contributed by atoms with Crippen molar-refractivity contribution in [3.05, 3.63) is 75.3 Å². The minimum Gasteiger partial charge on any atom is -0.489 e. The number of benzene rings is 2. The molecule has 0 unspecified atom stereocenters. The van der Waals surface area contributed by atoms with Gasteiger partial charge in [0, 0.05) is 7.05 Å². The van der Waals surface area contributed by atoms with Gasteiger partial charge in [-0.15, -0.1) is 0 Å². The molecule has 0 N–H and O–H groups in total. The number of aryl methyl sites for hydroxylation is 2. The molecule has 9 heteroatoms. The van der Waals surface area contributed by atoms with Gasteiger partial charge in [-0.25, -0.2) is 4.68 Å². The van der Waals surface area contributed by atoms with E-state index in [0.717, 1.165) is 0 Å². The van der Waals surface area contributed by atoms with Crippen molar-refractivity contribution in [3.8, 4) is 28.9 Å². The van der Waals surface area contributed by atoms with Crippen LogP contribution < -0.4 is 14.2 Å². The van der Waals surface area contributed by atoms with E-state index in [4.69, 9.17) is 37.4 Å². The Hall–Kier alpha value is -3.03. The molecule has 0 saturated carbocycles. The van der Waals surface area contributed by atoms with Crippen LogP contribution in [0.1, 0.15) is 11.3 Å². The van der Waals surface area contributed by atoms with Gasteiger partial charge in [-0.3, -0.25) is 0 Å². The lowest BCUT2D eigenvalue weighted by Crippen LogP contribution is -1.97. The first kappa shape index (κ1) is 21.7. The van der Waals surface area contributed by atoms with Crippen molar-refractivity contribution in [1.82, 2.24) is 9.78 Å². The van der Waals surface area contributed by atoms with Gasteiger partial charge in [0.05, 0.1) is 11.3 Å². The molecule has 0 amide bonds. The Morgan fingerprint density at radius 2 is 1.53 bits per heavy atom. The molecule has 0 atom stereocenters. The lowest BCUT2D eigenvalue weighted by Gasteiger charge is -2.10. The van der Waals surface area contributed by atoms with Crippen LogP contribution in [0, 0.1) is 11.8 Å². The van der Waals surface area contributed by atoms with Crippen LogP contribution in [0.25, 0.3) is 0 Å². The third-order valence-corrected chi connectivity index (χ3v) is 4.41. The molecule has 1 aromatic heterocycles. The molecule has 2 aromatic carbocycles. The lowest BCUT2D eigenvalue weighted by molar-refractivity contribution is 0.362. The van der Waals surface area contributed by atoms with Crippen LogP contribution in [0.3, 0.4) is 0 Å². The zero-order valence-corrected chi connectivity index (χ0v) is 17.9. The number of halogens is 2. The van der Waals surface area contributed by atoms with E-state index < -0.39 is 0 Å². The zero-order chi connectivity index (χ0) is 21.5. The predicted molar refractivity (Wildman–Crippen MR) is 116 cm³/mol. The third kappa shape index (κ3) is 5.75. The number of ether oxygens (including phenoxy) is 3. The van der Waals surface area contributed by atoms with Crippen LogP contribution >= 0.6 is 23.2 Å². The monoisotopic (exact) mass is 447 g/mol. The van der Waals surface area contributed by atoms with Gasteiger partial charge < -0.3 is 14.2 Å². The number of nitrogens with zero attached hydrogens (tertiary/aromatic N) is 3. The van der Waals surface area contributed by atoms with Gasteiger partial charge in [-0.05, 0) is 61.5 Å². The Kier molecular flexibility index (Phi) is 7.32. The molecule has 156 valence electrons. The Labute approximate surface area is 183 Å². The van der Waals surface area contributed by atoms with Gasteiger partial charge in [0.15, 0.2) is 0 Å². The molecule has 0 fully saturated rings. The van der Waals surface area contributed by atoms with Crippen molar-refractivity contribution in [3.63, 3.8) is 0 Å². The summed E-state index contributed by atoms with van der Waals surface area (Å²) >= 11 is 11.1. The Morgan fingerprint density at radius 3 is 2.07 bits per heavy atom. The first-order valence-corrected chi connectivity index (χ1v) is 9.73. The van der Waals surface area contributed by atoms with Crippen molar-refractivity contribution < 1.29 is 14.2 Å². The Bertz CT molecular complexity index is 1030. The fourth-order valence-corrected chi connectivity index (χ4v) is 2.81. The quantitative estimate of drug-likeness (QED) is 0.360. The Morgan fingerprint density at radius 1 is 1.00 bits per heavy atom. The summed E-state index contributed by atoms with van der Waals surface area (Å²) in [4.78, 5) is 10.7. The maximum atomic E-state index is 10.7. The van der Waals surface area contributed by atoms with E-state index in [-0.39, 0.29) is 17.6 Å². The number of nitroso groups, excluding NO2 is 1. The van der Waals surface area contributed by atoms with E-state index in [1.807, 2.05) is 6.92 Å². The summed E-state index contributed by atoms with van der Waals surface area (Å²) in [5.74, 6) is 3.05. The van der Waals surface area contributed by atoms with Crippen molar-refractivity contribution in [2.24, 2.45) is 12.2 Å². The second-order valence-electron chi connectivity index (χ2n) is 6.23. The summed E-state index contributed by atoms with van der Waals surface area (Å²) in [5.41, 5.74) is 1.38. The van der Waals surface area contributed by atoms with Crippen molar-refractivity contribution in [2.45, 2.75) is 13.5 Å². The standard InChI is InChI=1S/C21H19Cl2N3O4/c1-14-19(13-24-27)21(26(2)25-14)30-18-9-7-17(8-10-18)29-16-5-3-15(4-6-16)28-12-11-20(22)23/h3-11H,12-13H2,1-2H3. The molecule has 0 saturated heterocycles. The fraction of sp³-hybridized carbons (Fsp3) is 0.190. The molecule has 7 nitrogen and oxygen atoms in total. The minimum atomic E-state index is 0.00507. The van der Waals surface area contributed by atoms with Crippen molar-refractivity contribution >= 4 is 23.2 Å². The van der Waals surface area contributed by atoms with E-state index in [9.17, 15) is 4.91 Å². The molecule has 1 heterocycles. The molecule has 0 aliphatic carbocycles. The first-order valence-electron chi connectivity index (χ1n) is 8.97. The van der Waals surface area contributed by atoms with Crippen LogP contribution in [0.5, 0.6) is 28.9 Å². The maximum absolute atomic E-state index is 10.7. The van der Waals surface area contributed by atoms with Crippen LogP contribution in [0.4, 0.5) is 0 Å². The van der Waals surface area contributed by atoms with E-state index in [0.29, 0.717) is 40.1 Å². The molecule has 0 bridgehead atoms. The van der Waals surface area contributed by atoms with Gasteiger partial charge >= 0.3 is 0 Å². The Balaban J connectivity index is 1.62. The maximum Gasteiger partial charge on any atom is 0.223 e. The number of hydrogen-bond donors (Lipinski definition) is 0. The van der Waals surface area contributed by atoms with Crippen molar-refractivity contribution in [1.29, 1.82) is 0 Å². The highest BCUT2D eigenvalue weighted by Gasteiger charge is 2.15. The SMILES string of the molecule is Cc1nn(C)c(Oc2ccc(Oc3ccc(OCC=C(Cl)Cl)cc3)cc2)c1CN=O.